The zero-order chi connectivity index (χ0) is 14.5. The standard InChI is InChI=1S/C15H17NO4/c17-6-11-12(7-18)14(9-20)16-15(13(11)8-19)10-4-2-1-3-5-10/h1-5,17-20H,6-9H2. The van der Waals surface area contributed by atoms with Crippen molar-refractivity contribution in [3.05, 3.63) is 52.7 Å². The molecule has 106 valence electrons. The SMILES string of the molecule is OCc1nc(-c2ccccc2)c(CO)c(CO)c1CO. The largest absolute Gasteiger partial charge is 0.392 e. The van der Waals surface area contributed by atoms with E-state index in [-0.39, 0.29) is 26.4 Å². The lowest BCUT2D eigenvalue weighted by Gasteiger charge is -2.17. The van der Waals surface area contributed by atoms with E-state index in [9.17, 15) is 20.4 Å². The highest BCUT2D eigenvalue weighted by atomic mass is 16.3. The monoisotopic (exact) mass is 275 g/mol. The molecule has 0 radical (unpaired) electrons. The molecule has 5 heteroatoms. The molecule has 0 atom stereocenters. The zero-order valence-corrected chi connectivity index (χ0v) is 11.0. The van der Waals surface area contributed by atoms with Gasteiger partial charge in [0, 0.05) is 16.7 Å². The van der Waals surface area contributed by atoms with Crippen LogP contribution in [0.1, 0.15) is 22.4 Å². The number of hydrogen-bond donors (Lipinski definition) is 4. The van der Waals surface area contributed by atoms with E-state index >= 15 is 0 Å². The van der Waals surface area contributed by atoms with Crippen LogP contribution in [0.5, 0.6) is 0 Å². The molecule has 20 heavy (non-hydrogen) atoms. The summed E-state index contributed by atoms with van der Waals surface area (Å²) >= 11 is 0. The topological polar surface area (TPSA) is 93.8 Å². The molecule has 0 spiro atoms. The molecule has 2 rings (SSSR count). The number of benzene rings is 1. The molecule has 1 aromatic heterocycles. The summed E-state index contributed by atoms with van der Waals surface area (Å²) in [7, 11) is 0. The van der Waals surface area contributed by atoms with Crippen molar-refractivity contribution in [3.63, 3.8) is 0 Å². The summed E-state index contributed by atoms with van der Waals surface area (Å²) in [6.07, 6.45) is 0. The minimum atomic E-state index is -0.346. The highest BCUT2D eigenvalue weighted by Gasteiger charge is 2.18. The van der Waals surface area contributed by atoms with Crippen LogP contribution < -0.4 is 0 Å². The number of aromatic nitrogens is 1. The number of aliphatic hydroxyl groups is 4. The Morgan fingerprint density at radius 2 is 1.30 bits per heavy atom. The minimum Gasteiger partial charge on any atom is -0.392 e. The van der Waals surface area contributed by atoms with Crippen molar-refractivity contribution in [2.45, 2.75) is 26.4 Å². The second-order valence-electron chi connectivity index (χ2n) is 4.34. The van der Waals surface area contributed by atoms with Gasteiger partial charge in [-0.25, -0.2) is 4.98 Å². The number of aliphatic hydroxyl groups excluding tert-OH is 4. The normalized spacial score (nSPS) is 10.8. The summed E-state index contributed by atoms with van der Waals surface area (Å²) < 4.78 is 0. The second-order valence-corrected chi connectivity index (χ2v) is 4.34. The molecule has 5 nitrogen and oxygen atoms in total. The van der Waals surface area contributed by atoms with Crippen molar-refractivity contribution < 1.29 is 20.4 Å². The Morgan fingerprint density at radius 1 is 0.700 bits per heavy atom. The fraction of sp³-hybridized carbons (Fsp3) is 0.267. The van der Waals surface area contributed by atoms with Crippen molar-refractivity contribution in [1.29, 1.82) is 0 Å². The highest BCUT2D eigenvalue weighted by molar-refractivity contribution is 5.66. The lowest BCUT2D eigenvalue weighted by Crippen LogP contribution is -2.10. The first-order valence-electron chi connectivity index (χ1n) is 6.29. The van der Waals surface area contributed by atoms with Gasteiger partial charge in [0.1, 0.15) is 0 Å². The summed E-state index contributed by atoms with van der Waals surface area (Å²) in [5.41, 5.74) is 2.88. The minimum absolute atomic E-state index is 0.300. The van der Waals surface area contributed by atoms with Crippen LogP contribution in [0.4, 0.5) is 0 Å². The Morgan fingerprint density at radius 3 is 1.80 bits per heavy atom. The van der Waals surface area contributed by atoms with E-state index in [1.54, 1.807) is 0 Å². The fourth-order valence-electron chi connectivity index (χ4n) is 2.28. The molecule has 0 aliphatic heterocycles. The molecule has 0 fully saturated rings. The zero-order valence-electron chi connectivity index (χ0n) is 11.0. The third-order valence-corrected chi connectivity index (χ3v) is 3.28. The predicted octanol–water partition coefficient (Wildman–Crippen LogP) is 0.718. The van der Waals surface area contributed by atoms with Crippen molar-refractivity contribution in [1.82, 2.24) is 4.98 Å². The van der Waals surface area contributed by atoms with Crippen molar-refractivity contribution in [2.24, 2.45) is 0 Å². The van der Waals surface area contributed by atoms with Crippen LogP contribution in [0.15, 0.2) is 30.3 Å². The first kappa shape index (κ1) is 14.6. The molecule has 0 aliphatic carbocycles. The molecule has 1 heterocycles. The first-order valence-corrected chi connectivity index (χ1v) is 6.29. The van der Waals surface area contributed by atoms with Gasteiger partial charge >= 0.3 is 0 Å². The maximum Gasteiger partial charge on any atom is 0.0857 e. The first-order chi connectivity index (χ1) is 9.76. The van der Waals surface area contributed by atoms with Crippen molar-refractivity contribution in [3.8, 4) is 11.3 Å². The Hall–Kier alpha value is -1.79. The van der Waals surface area contributed by atoms with Gasteiger partial charge in [-0.3, -0.25) is 0 Å². The fourth-order valence-corrected chi connectivity index (χ4v) is 2.28. The van der Waals surface area contributed by atoms with Crippen molar-refractivity contribution in [2.75, 3.05) is 0 Å². The van der Waals surface area contributed by atoms with Gasteiger partial charge in [-0.15, -0.1) is 0 Å². The van der Waals surface area contributed by atoms with E-state index in [2.05, 4.69) is 4.98 Å². The lowest BCUT2D eigenvalue weighted by molar-refractivity contribution is 0.237. The maximum atomic E-state index is 9.58. The summed E-state index contributed by atoms with van der Waals surface area (Å²) in [6, 6.07) is 9.22. The molecule has 1 aromatic carbocycles. The van der Waals surface area contributed by atoms with E-state index < -0.39 is 0 Å². The summed E-state index contributed by atoms with van der Waals surface area (Å²) in [4.78, 5) is 4.33. The summed E-state index contributed by atoms with van der Waals surface area (Å²) in [5, 5.41) is 37.9. The van der Waals surface area contributed by atoms with Crippen LogP contribution in [0.25, 0.3) is 11.3 Å². The van der Waals surface area contributed by atoms with Crippen LogP contribution in [-0.2, 0) is 26.4 Å². The molecular formula is C15H17NO4. The number of hydrogen-bond acceptors (Lipinski definition) is 5. The number of rotatable bonds is 5. The molecule has 2 aromatic rings. The Bertz CT molecular complexity index is 584. The molecule has 0 unspecified atom stereocenters. The second kappa shape index (κ2) is 6.58. The van der Waals surface area contributed by atoms with E-state index in [4.69, 9.17) is 0 Å². The van der Waals surface area contributed by atoms with Crippen LogP contribution >= 0.6 is 0 Å². The number of nitrogens with zero attached hydrogens (tertiary/aromatic N) is 1. The van der Waals surface area contributed by atoms with E-state index in [0.717, 1.165) is 5.56 Å². The highest BCUT2D eigenvalue weighted by Crippen LogP contribution is 2.29. The van der Waals surface area contributed by atoms with Crippen LogP contribution in [0, 0.1) is 0 Å². The van der Waals surface area contributed by atoms with Gasteiger partial charge in [0.15, 0.2) is 0 Å². The Labute approximate surface area is 116 Å². The summed E-state index contributed by atoms with van der Waals surface area (Å²) in [5.74, 6) is 0. The van der Waals surface area contributed by atoms with Gasteiger partial charge in [0.25, 0.3) is 0 Å². The van der Waals surface area contributed by atoms with Crippen LogP contribution in [-0.4, -0.2) is 25.4 Å². The lowest BCUT2D eigenvalue weighted by atomic mass is 9.96. The Balaban J connectivity index is 2.74. The Kier molecular flexibility index (Phi) is 4.81. The van der Waals surface area contributed by atoms with E-state index in [1.807, 2.05) is 30.3 Å². The van der Waals surface area contributed by atoms with Gasteiger partial charge in [0.05, 0.1) is 37.8 Å². The van der Waals surface area contributed by atoms with Gasteiger partial charge in [-0.2, -0.15) is 0 Å². The quantitative estimate of drug-likeness (QED) is 0.645. The summed E-state index contributed by atoms with van der Waals surface area (Å²) in [6.45, 7) is -1.32. The van der Waals surface area contributed by atoms with E-state index in [0.29, 0.717) is 28.1 Å². The molecule has 0 amide bonds. The van der Waals surface area contributed by atoms with Gasteiger partial charge < -0.3 is 20.4 Å². The number of pyridine rings is 1. The maximum absolute atomic E-state index is 9.58. The molecule has 0 saturated carbocycles. The third kappa shape index (κ3) is 2.57. The average Bonchev–Trinajstić information content (AvgIpc) is 2.53. The van der Waals surface area contributed by atoms with Gasteiger partial charge in [-0.1, -0.05) is 30.3 Å². The molecule has 0 saturated heterocycles. The molecule has 0 bridgehead atoms. The van der Waals surface area contributed by atoms with Crippen LogP contribution in [0.2, 0.25) is 0 Å². The third-order valence-electron chi connectivity index (χ3n) is 3.28. The molecular weight excluding hydrogens is 258 g/mol. The molecule has 4 N–H and O–H groups in total. The average molecular weight is 275 g/mol. The predicted molar refractivity (Wildman–Crippen MR) is 73.4 cm³/mol. The van der Waals surface area contributed by atoms with E-state index in [1.165, 1.54) is 0 Å². The van der Waals surface area contributed by atoms with Crippen molar-refractivity contribution >= 4 is 0 Å². The van der Waals surface area contributed by atoms with Gasteiger partial charge in [-0.05, 0) is 5.56 Å². The van der Waals surface area contributed by atoms with Gasteiger partial charge in [0.2, 0.25) is 0 Å². The van der Waals surface area contributed by atoms with Crippen LogP contribution in [0.3, 0.4) is 0 Å². The molecule has 0 aliphatic rings. The smallest absolute Gasteiger partial charge is 0.0857 e.